The van der Waals surface area contributed by atoms with Crippen LogP contribution >= 0.6 is 0 Å². The lowest BCUT2D eigenvalue weighted by Crippen LogP contribution is -2.47. The molecule has 5 nitrogen and oxygen atoms in total. The van der Waals surface area contributed by atoms with Gasteiger partial charge in [-0.25, -0.2) is 0 Å². The molecule has 2 aromatic carbocycles. The summed E-state index contributed by atoms with van der Waals surface area (Å²) in [5, 5.41) is 9.13. The van der Waals surface area contributed by atoms with Gasteiger partial charge in [0.25, 0.3) is 5.91 Å². The lowest BCUT2D eigenvalue weighted by atomic mass is 9.87. The number of carbonyl (C=O) groups is 2. The van der Waals surface area contributed by atoms with Crippen LogP contribution in [0.5, 0.6) is 0 Å². The molecule has 1 saturated carbocycles. The molecular weight excluding hydrogens is 467 g/mol. The molecule has 2 aromatic rings. The van der Waals surface area contributed by atoms with E-state index < -0.39 is 17.6 Å². The summed E-state index contributed by atoms with van der Waals surface area (Å²) in [5.41, 5.74) is 1.70. The van der Waals surface area contributed by atoms with E-state index in [-0.39, 0.29) is 24.1 Å². The average Bonchev–Trinajstić information content (AvgIpc) is 2.89. The third kappa shape index (κ3) is 7.20. The maximum absolute atomic E-state index is 12.8. The summed E-state index contributed by atoms with van der Waals surface area (Å²) in [6.45, 7) is -0.272. The minimum atomic E-state index is -4.53. The maximum atomic E-state index is 12.8. The van der Waals surface area contributed by atoms with Gasteiger partial charge in [-0.05, 0) is 74.3 Å². The zero-order valence-corrected chi connectivity index (χ0v) is 20.1. The number of allylic oxidation sites excluding steroid dienone is 1. The van der Waals surface area contributed by atoms with E-state index in [1.165, 1.54) is 23.3 Å². The van der Waals surface area contributed by atoms with Crippen molar-refractivity contribution in [2.24, 2.45) is 0 Å². The van der Waals surface area contributed by atoms with E-state index in [1.54, 1.807) is 0 Å². The number of hydrogen-bond acceptors (Lipinski definition) is 3. The molecule has 192 valence electrons. The monoisotopic (exact) mass is 499 g/mol. The molecule has 1 unspecified atom stereocenters. The second-order valence-corrected chi connectivity index (χ2v) is 9.61. The van der Waals surface area contributed by atoms with Crippen molar-refractivity contribution in [2.45, 2.75) is 69.2 Å². The smallest absolute Gasteiger partial charge is 0.352 e. The Kier molecular flexibility index (Phi) is 8.46. The Labute approximate surface area is 209 Å². The normalized spacial score (nSPS) is 22.4. The Morgan fingerprint density at radius 1 is 0.861 bits per heavy atom. The largest absolute Gasteiger partial charge is 0.416 e. The molecule has 36 heavy (non-hydrogen) atoms. The van der Waals surface area contributed by atoms with Gasteiger partial charge in [-0.3, -0.25) is 9.59 Å². The summed E-state index contributed by atoms with van der Waals surface area (Å²) in [7, 11) is 0. The summed E-state index contributed by atoms with van der Waals surface area (Å²) in [5.74, 6) is -1.04. The number of alkyl halides is 3. The van der Waals surface area contributed by atoms with Crippen LogP contribution < -0.4 is 16.0 Å². The second kappa shape index (κ2) is 11.7. The van der Waals surface area contributed by atoms with Crippen LogP contribution in [0.1, 0.15) is 66.4 Å². The van der Waals surface area contributed by atoms with Crippen LogP contribution in [0.3, 0.4) is 0 Å². The average molecular weight is 500 g/mol. The van der Waals surface area contributed by atoms with Gasteiger partial charge in [0.15, 0.2) is 0 Å². The minimum Gasteiger partial charge on any atom is -0.352 e. The molecule has 0 saturated heterocycles. The van der Waals surface area contributed by atoms with Crippen molar-refractivity contribution in [1.29, 1.82) is 0 Å². The van der Waals surface area contributed by atoms with Crippen molar-refractivity contribution in [3.05, 3.63) is 77.4 Å². The molecule has 0 aromatic heterocycles. The number of hydrogen-bond donors (Lipinski definition) is 3. The summed E-state index contributed by atoms with van der Waals surface area (Å²) in [6.07, 6.45) is 4.65. The number of nitrogens with one attached hydrogen (secondary N) is 3. The summed E-state index contributed by atoms with van der Waals surface area (Å²) < 4.78 is 38.5. The fourth-order valence-electron chi connectivity index (χ4n) is 5.02. The van der Waals surface area contributed by atoms with E-state index in [0.717, 1.165) is 57.1 Å². The predicted molar refractivity (Wildman–Crippen MR) is 133 cm³/mol. The van der Waals surface area contributed by atoms with Crippen LogP contribution in [0.25, 0.3) is 5.57 Å². The standard InChI is InChI=1S/C28H32F3N3O2/c29-28(30,31)22-8-4-7-21(17-22)27(36)32-18-26(35)34-25-15-13-24(14-16-25)33-23-11-9-20(10-12-23)19-5-2-1-3-6-19/h1-9,17,23-25,33H,10-16,18H2,(H,32,36)(H,34,35). The molecule has 0 aliphatic heterocycles. The molecular formula is C28H32F3N3O2. The molecule has 3 N–H and O–H groups in total. The van der Waals surface area contributed by atoms with Gasteiger partial charge >= 0.3 is 6.18 Å². The van der Waals surface area contributed by atoms with Gasteiger partial charge in [-0.1, -0.05) is 42.5 Å². The Hall–Kier alpha value is -3.13. The third-order valence-electron chi connectivity index (χ3n) is 6.98. The zero-order chi connectivity index (χ0) is 25.5. The Bertz CT molecular complexity index is 1080. The minimum absolute atomic E-state index is 0.0388. The van der Waals surface area contributed by atoms with Gasteiger partial charge in [0.1, 0.15) is 0 Å². The lowest BCUT2D eigenvalue weighted by molar-refractivity contribution is -0.137. The Morgan fingerprint density at radius 2 is 1.58 bits per heavy atom. The highest BCUT2D eigenvalue weighted by Crippen LogP contribution is 2.30. The van der Waals surface area contributed by atoms with E-state index in [0.29, 0.717) is 12.1 Å². The van der Waals surface area contributed by atoms with E-state index in [4.69, 9.17) is 0 Å². The van der Waals surface area contributed by atoms with Gasteiger partial charge < -0.3 is 16.0 Å². The number of rotatable bonds is 7. The molecule has 0 radical (unpaired) electrons. The Balaban J connectivity index is 1.15. The van der Waals surface area contributed by atoms with Gasteiger partial charge in [0, 0.05) is 23.7 Å². The molecule has 4 rings (SSSR count). The topological polar surface area (TPSA) is 70.2 Å². The number of benzene rings is 2. The molecule has 2 aliphatic rings. The van der Waals surface area contributed by atoms with Crippen LogP contribution in [0.2, 0.25) is 0 Å². The molecule has 2 aliphatic carbocycles. The molecule has 0 bridgehead atoms. The fraction of sp³-hybridized carbons (Fsp3) is 0.429. The summed E-state index contributed by atoms with van der Waals surface area (Å²) in [6, 6.07) is 15.6. The van der Waals surface area contributed by atoms with Crippen molar-refractivity contribution < 1.29 is 22.8 Å². The van der Waals surface area contributed by atoms with Crippen LogP contribution in [0.15, 0.2) is 60.7 Å². The van der Waals surface area contributed by atoms with Crippen molar-refractivity contribution in [3.63, 3.8) is 0 Å². The van der Waals surface area contributed by atoms with Gasteiger partial charge in [-0.2, -0.15) is 13.2 Å². The summed E-state index contributed by atoms with van der Waals surface area (Å²) in [4.78, 5) is 24.5. The van der Waals surface area contributed by atoms with Crippen molar-refractivity contribution >= 4 is 17.4 Å². The highest BCUT2D eigenvalue weighted by Gasteiger charge is 2.31. The van der Waals surface area contributed by atoms with Gasteiger partial charge in [0.05, 0.1) is 12.1 Å². The highest BCUT2D eigenvalue weighted by molar-refractivity contribution is 5.96. The first kappa shape index (κ1) is 25.9. The van der Waals surface area contributed by atoms with E-state index >= 15 is 0 Å². The predicted octanol–water partition coefficient (Wildman–Crippen LogP) is 5.09. The van der Waals surface area contributed by atoms with Crippen molar-refractivity contribution in [3.8, 4) is 0 Å². The van der Waals surface area contributed by atoms with E-state index in [1.807, 2.05) is 6.07 Å². The quantitative estimate of drug-likeness (QED) is 0.497. The number of carbonyl (C=O) groups excluding carboxylic acids is 2. The van der Waals surface area contributed by atoms with Crippen LogP contribution in [0, 0.1) is 0 Å². The molecule has 0 spiro atoms. The number of halogens is 3. The van der Waals surface area contributed by atoms with Gasteiger partial charge in [0.2, 0.25) is 5.91 Å². The molecule has 0 heterocycles. The van der Waals surface area contributed by atoms with Crippen molar-refractivity contribution in [2.75, 3.05) is 6.54 Å². The first-order valence-electron chi connectivity index (χ1n) is 12.5. The lowest BCUT2D eigenvalue weighted by Gasteiger charge is -2.33. The first-order valence-corrected chi connectivity index (χ1v) is 12.5. The zero-order valence-electron chi connectivity index (χ0n) is 20.1. The van der Waals surface area contributed by atoms with Crippen LogP contribution in [-0.4, -0.2) is 36.5 Å². The summed E-state index contributed by atoms with van der Waals surface area (Å²) >= 11 is 0. The fourth-order valence-corrected chi connectivity index (χ4v) is 5.02. The van der Waals surface area contributed by atoms with Crippen molar-refractivity contribution in [1.82, 2.24) is 16.0 Å². The Morgan fingerprint density at radius 3 is 2.25 bits per heavy atom. The maximum Gasteiger partial charge on any atom is 0.416 e. The molecule has 1 fully saturated rings. The number of amides is 2. The molecule has 1 atom stereocenters. The third-order valence-corrected chi connectivity index (χ3v) is 6.98. The SMILES string of the molecule is O=C(CNC(=O)c1cccc(C(F)(F)F)c1)NC1CCC(NC2CC=C(c3ccccc3)CC2)CC1. The van der Waals surface area contributed by atoms with Gasteiger partial charge in [-0.15, -0.1) is 0 Å². The first-order chi connectivity index (χ1) is 17.3. The highest BCUT2D eigenvalue weighted by atomic mass is 19.4. The van der Waals surface area contributed by atoms with E-state index in [9.17, 15) is 22.8 Å². The second-order valence-electron chi connectivity index (χ2n) is 9.61. The molecule has 2 amide bonds. The van der Waals surface area contributed by atoms with Crippen LogP contribution in [0.4, 0.5) is 13.2 Å². The van der Waals surface area contributed by atoms with E-state index in [2.05, 4.69) is 46.3 Å². The molecule has 8 heteroatoms. The van der Waals surface area contributed by atoms with Crippen LogP contribution in [-0.2, 0) is 11.0 Å².